The van der Waals surface area contributed by atoms with E-state index in [1.54, 1.807) is 18.2 Å². The fourth-order valence-electron chi connectivity index (χ4n) is 1.72. The van der Waals surface area contributed by atoms with Gasteiger partial charge in [-0.25, -0.2) is 5.43 Å². The van der Waals surface area contributed by atoms with Crippen molar-refractivity contribution < 1.29 is 13.8 Å². The first-order chi connectivity index (χ1) is 10.7. The van der Waals surface area contributed by atoms with Crippen LogP contribution in [0.5, 0.6) is 0 Å². The molecule has 0 amide bonds. The van der Waals surface area contributed by atoms with E-state index in [9.17, 15) is 10.1 Å². The van der Waals surface area contributed by atoms with E-state index in [1.165, 1.54) is 18.3 Å². The molecule has 0 saturated carbocycles. The topological polar surface area (TPSA) is 107 Å². The number of allylic oxidation sites excluding steroid dienone is 1. The van der Waals surface area contributed by atoms with Crippen LogP contribution in [-0.4, -0.2) is 16.1 Å². The van der Waals surface area contributed by atoms with Gasteiger partial charge in [0.05, 0.1) is 6.07 Å². The molecule has 0 aliphatic heterocycles. The molecule has 3 rings (SSSR count). The van der Waals surface area contributed by atoms with Gasteiger partial charge in [0.2, 0.25) is 0 Å². The standard InChI is InChI=1S/C14H10N4O4/c19-18(20)13-8-7-10(21-13)4-3-9-15-17-14-16-11-5-1-2-6-12(11)22-14/h1-9H,(H,16,17)/b4-3+,15-9-. The number of fused-ring (bicyclic) bond motifs is 1. The Labute approximate surface area is 123 Å². The smallest absolute Gasteiger partial charge is 0.422 e. The van der Waals surface area contributed by atoms with Crippen LogP contribution < -0.4 is 5.43 Å². The summed E-state index contributed by atoms with van der Waals surface area (Å²) < 4.78 is 10.4. The van der Waals surface area contributed by atoms with Crippen LogP contribution in [0.2, 0.25) is 0 Å². The molecule has 0 aliphatic rings. The molecule has 8 nitrogen and oxygen atoms in total. The molecule has 0 unspecified atom stereocenters. The summed E-state index contributed by atoms with van der Waals surface area (Å²) >= 11 is 0. The van der Waals surface area contributed by atoms with Crippen molar-refractivity contribution in [2.75, 3.05) is 5.43 Å². The van der Waals surface area contributed by atoms with Crippen LogP contribution in [-0.2, 0) is 0 Å². The van der Waals surface area contributed by atoms with E-state index < -0.39 is 4.92 Å². The van der Waals surface area contributed by atoms with Crippen molar-refractivity contribution in [1.29, 1.82) is 0 Å². The molecule has 8 heteroatoms. The van der Waals surface area contributed by atoms with Crippen molar-refractivity contribution in [2.45, 2.75) is 0 Å². The van der Waals surface area contributed by atoms with Crippen LogP contribution in [0.4, 0.5) is 11.9 Å². The molecule has 2 aromatic heterocycles. The highest BCUT2D eigenvalue weighted by atomic mass is 16.6. The van der Waals surface area contributed by atoms with Gasteiger partial charge in [0.15, 0.2) is 5.58 Å². The van der Waals surface area contributed by atoms with Crippen molar-refractivity contribution in [3.63, 3.8) is 0 Å². The number of benzene rings is 1. The first kappa shape index (κ1) is 13.6. The summed E-state index contributed by atoms with van der Waals surface area (Å²) in [4.78, 5) is 14.0. The lowest BCUT2D eigenvalue weighted by Gasteiger charge is -1.88. The van der Waals surface area contributed by atoms with Crippen molar-refractivity contribution in [3.05, 3.63) is 58.3 Å². The molecule has 0 saturated heterocycles. The summed E-state index contributed by atoms with van der Waals surface area (Å²) in [5.41, 5.74) is 4.05. The normalized spacial score (nSPS) is 11.6. The molecule has 1 N–H and O–H groups in total. The number of nitrogens with zero attached hydrogens (tertiary/aromatic N) is 3. The molecule has 0 bridgehead atoms. The Balaban J connectivity index is 1.59. The third kappa shape index (κ3) is 3.01. The Morgan fingerprint density at radius 3 is 2.86 bits per heavy atom. The second kappa shape index (κ2) is 5.92. The molecule has 3 aromatic rings. The number of anilines is 1. The van der Waals surface area contributed by atoms with E-state index in [-0.39, 0.29) is 11.9 Å². The van der Waals surface area contributed by atoms with Crippen molar-refractivity contribution in [3.8, 4) is 0 Å². The van der Waals surface area contributed by atoms with E-state index in [2.05, 4.69) is 15.5 Å². The quantitative estimate of drug-likeness (QED) is 0.439. The van der Waals surface area contributed by atoms with E-state index >= 15 is 0 Å². The van der Waals surface area contributed by atoms with Gasteiger partial charge >= 0.3 is 11.9 Å². The zero-order valence-electron chi connectivity index (χ0n) is 11.2. The molecule has 110 valence electrons. The van der Waals surface area contributed by atoms with Gasteiger partial charge in [0, 0.05) is 6.21 Å². The minimum Gasteiger partial charge on any atom is -0.422 e. The van der Waals surface area contributed by atoms with E-state index in [0.717, 1.165) is 5.52 Å². The van der Waals surface area contributed by atoms with E-state index in [0.29, 0.717) is 11.3 Å². The second-order valence-corrected chi connectivity index (χ2v) is 4.17. The minimum atomic E-state index is -0.597. The van der Waals surface area contributed by atoms with Gasteiger partial charge < -0.3 is 8.83 Å². The Bertz CT molecular complexity index is 829. The molecular weight excluding hydrogens is 288 g/mol. The Hall–Kier alpha value is -3.42. The number of hydrogen-bond acceptors (Lipinski definition) is 7. The van der Waals surface area contributed by atoms with E-state index in [4.69, 9.17) is 8.83 Å². The Morgan fingerprint density at radius 1 is 1.23 bits per heavy atom. The molecule has 22 heavy (non-hydrogen) atoms. The number of hydrogen-bond donors (Lipinski definition) is 1. The monoisotopic (exact) mass is 298 g/mol. The van der Waals surface area contributed by atoms with Crippen molar-refractivity contribution in [1.82, 2.24) is 4.98 Å². The highest BCUT2D eigenvalue weighted by molar-refractivity contribution is 5.78. The number of nitrogens with one attached hydrogen (secondary N) is 1. The zero-order chi connectivity index (χ0) is 15.4. The summed E-state index contributed by atoms with van der Waals surface area (Å²) in [6.07, 6.45) is 4.56. The van der Waals surface area contributed by atoms with Crippen LogP contribution in [0, 0.1) is 10.1 Å². The summed E-state index contributed by atoms with van der Waals surface area (Å²) in [7, 11) is 0. The predicted octanol–water partition coefficient (Wildman–Crippen LogP) is 3.44. The maximum absolute atomic E-state index is 10.5. The number of aromatic nitrogens is 1. The molecule has 0 fully saturated rings. The molecule has 0 atom stereocenters. The number of para-hydroxylation sites is 2. The molecule has 0 radical (unpaired) electrons. The Morgan fingerprint density at radius 2 is 2.09 bits per heavy atom. The fraction of sp³-hybridized carbons (Fsp3) is 0. The molecular formula is C14H10N4O4. The van der Waals surface area contributed by atoms with Crippen LogP contribution >= 0.6 is 0 Å². The highest BCUT2D eigenvalue weighted by Gasteiger charge is 2.09. The summed E-state index contributed by atoms with van der Waals surface area (Å²) in [5.74, 6) is 0.0567. The first-order valence-corrected chi connectivity index (χ1v) is 6.28. The number of hydrazone groups is 1. The lowest BCUT2D eigenvalue weighted by Crippen LogP contribution is -1.87. The van der Waals surface area contributed by atoms with Gasteiger partial charge in [-0.05, 0) is 30.4 Å². The number of rotatable bonds is 5. The van der Waals surface area contributed by atoms with E-state index in [1.807, 2.05) is 18.2 Å². The van der Waals surface area contributed by atoms with Crippen LogP contribution in [0.3, 0.4) is 0 Å². The fourth-order valence-corrected chi connectivity index (χ4v) is 1.72. The summed E-state index contributed by atoms with van der Waals surface area (Å²) in [6.45, 7) is 0. The average molecular weight is 298 g/mol. The number of furan rings is 1. The van der Waals surface area contributed by atoms with Gasteiger partial charge in [0.25, 0.3) is 0 Å². The minimum absolute atomic E-state index is 0.277. The third-order valence-corrected chi connectivity index (χ3v) is 2.67. The summed E-state index contributed by atoms with van der Waals surface area (Å²) in [5, 5.41) is 14.4. The largest absolute Gasteiger partial charge is 0.433 e. The average Bonchev–Trinajstić information content (AvgIpc) is 3.12. The van der Waals surface area contributed by atoms with Gasteiger partial charge in [-0.3, -0.25) is 10.1 Å². The zero-order valence-corrected chi connectivity index (χ0v) is 11.2. The Kier molecular flexibility index (Phi) is 3.65. The highest BCUT2D eigenvalue weighted by Crippen LogP contribution is 2.18. The molecule has 0 spiro atoms. The van der Waals surface area contributed by atoms with Gasteiger partial charge in [-0.2, -0.15) is 10.1 Å². The molecule has 1 aromatic carbocycles. The SMILES string of the molecule is O=[N+]([O-])c1ccc(/C=C/C=N\Nc2nc3ccccc3o2)o1. The van der Waals surface area contributed by atoms with Gasteiger partial charge in [0.1, 0.15) is 16.2 Å². The lowest BCUT2D eigenvalue weighted by molar-refractivity contribution is -0.402. The van der Waals surface area contributed by atoms with Crippen LogP contribution in [0.25, 0.3) is 17.2 Å². The first-order valence-electron chi connectivity index (χ1n) is 6.28. The van der Waals surface area contributed by atoms with Crippen LogP contribution in [0.1, 0.15) is 5.76 Å². The summed E-state index contributed by atoms with van der Waals surface area (Å²) in [6, 6.07) is 10.4. The second-order valence-electron chi connectivity index (χ2n) is 4.17. The lowest BCUT2D eigenvalue weighted by atomic mass is 10.3. The van der Waals surface area contributed by atoms with Gasteiger partial charge in [-0.1, -0.05) is 12.1 Å². The maximum Gasteiger partial charge on any atom is 0.433 e. The van der Waals surface area contributed by atoms with Gasteiger partial charge in [-0.15, -0.1) is 0 Å². The van der Waals surface area contributed by atoms with Crippen LogP contribution in [0.15, 0.2) is 56.4 Å². The van der Waals surface area contributed by atoms with Crippen molar-refractivity contribution in [2.24, 2.45) is 5.10 Å². The predicted molar refractivity (Wildman–Crippen MR) is 80.5 cm³/mol. The maximum atomic E-state index is 10.5. The molecule has 2 heterocycles. The van der Waals surface area contributed by atoms with Crippen molar-refractivity contribution >= 4 is 35.3 Å². The third-order valence-electron chi connectivity index (χ3n) is 2.67. The number of nitro groups is 1. The number of oxazole rings is 1. The molecule has 0 aliphatic carbocycles.